The van der Waals surface area contributed by atoms with Gasteiger partial charge in [0, 0.05) is 0 Å². The Morgan fingerprint density at radius 1 is 1.44 bits per heavy atom. The number of ether oxygens (including phenoxy) is 3. The highest BCUT2D eigenvalue weighted by Gasteiger charge is 2.31. The fourth-order valence-corrected chi connectivity index (χ4v) is 2.36. The number of hydrogen-bond donors (Lipinski definition) is 3. The van der Waals surface area contributed by atoms with Crippen LogP contribution in [0.5, 0.6) is 0 Å². The summed E-state index contributed by atoms with van der Waals surface area (Å²) >= 11 is 0. The molecular weight excluding hydrogens is 330 g/mol. The fourth-order valence-electron chi connectivity index (χ4n) is 2.36. The number of carbonyl (C=O) groups is 1. The average Bonchev–Trinajstić information content (AvgIpc) is 3.18. The molecule has 3 heterocycles. The zero-order valence-corrected chi connectivity index (χ0v) is 14.0. The highest BCUT2D eigenvalue weighted by atomic mass is 16.7. The molecule has 11 nitrogen and oxygen atoms in total. The van der Waals surface area contributed by atoms with Crippen LogP contribution >= 0.6 is 0 Å². The maximum Gasteiger partial charge on any atom is 0.323 e. The highest BCUT2D eigenvalue weighted by molar-refractivity contribution is 5.82. The van der Waals surface area contributed by atoms with Gasteiger partial charge in [0.05, 0.1) is 12.9 Å². The number of nitrogens with zero attached hydrogens (tertiary/aromatic N) is 4. The Balaban J connectivity index is 1.65. The van der Waals surface area contributed by atoms with Crippen molar-refractivity contribution in [1.29, 1.82) is 0 Å². The van der Waals surface area contributed by atoms with Crippen LogP contribution in [0.25, 0.3) is 11.2 Å². The van der Waals surface area contributed by atoms with Crippen LogP contribution in [-0.2, 0) is 19.0 Å². The van der Waals surface area contributed by atoms with E-state index in [1.165, 1.54) is 6.33 Å². The number of nitrogens with two attached hydrogens (primary N) is 3. The number of hydrogen-bond acceptors (Lipinski definition) is 10. The SMILES string of the molecule is CC(C)[C@H](N)C(=O)OC[C@@H]1OC[C@H](n2cnc3c(N)nc(N)nc32)O1. The molecule has 0 radical (unpaired) electrons. The molecule has 0 bridgehead atoms. The van der Waals surface area contributed by atoms with Crippen molar-refractivity contribution in [3.8, 4) is 0 Å². The fraction of sp³-hybridized carbons (Fsp3) is 0.571. The van der Waals surface area contributed by atoms with Gasteiger partial charge in [-0.15, -0.1) is 0 Å². The number of fused-ring (bicyclic) bond motifs is 1. The van der Waals surface area contributed by atoms with Crippen LogP contribution in [0.2, 0.25) is 0 Å². The number of esters is 1. The predicted molar refractivity (Wildman–Crippen MR) is 87.8 cm³/mol. The molecule has 25 heavy (non-hydrogen) atoms. The number of imidazole rings is 1. The third kappa shape index (κ3) is 3.48. The Morgan fingerprint density at radius 2 is 2.20 bits per heavy atom. The Labute approximate surface area is 143 Å². The second-order valence-electron chi connectivity index (χ2n) is 6.04. The molecule has 0 aromatic carbocycles. The standard InChI is InChI=1S/C14H21N7O4/c1-6(2)9(15)13(22)24-4-8-23-3-7(25-8)21-5-18-10-11(16)19-14(17)20-12(10)21/h5-9H,3-4,15H2,1-2H3,(H4,16,17,19,20)/t7-,8-,9+/m1/s1. The molecule has 6 N–H and O–H groups in total. The van der Waals surface area contributed by atoms with E-state index < -0.39 is 24.5 Å². The van der Waals surface area contributed by atoms with E-state index in [0.29, 0.717) is 11.2 Å². The Kier molecular flexibility index (Phi) is 4.70. The van der Waals surface area contributed by atoms with Gasteiger partial charge in [-0.1, -0.05) is 13.8 Å². The largest absolute Gasteiger partial charge is 0.459 e. The minimum Gasteiger partial charge on any atom is -0.459 e. The zero-order valence-electron chi connectivity index (χ0n) is 14.0. The molecule has 11 heteroatoms. The van der Waals surface area contributed by atoms with Crippen LogP contribution in [0, 0.1) is 5.92 Å². The predicted octanol–water partition coefficient (Wildman–Crippen LogP) is -0.611. The van der Waals surface area contributed by atoms with Crippen LogP contribution in [0.4, 0.5) is 11.8 Å². The first kappa shape index (κ1) is 17.3. The minimum atomic E-state index is -0.706. The summed E-state index contributed by atoms with van der Waals surface area (Å²) in [6.45, 7) is 3.86. The average molecular weight is 351 g/mol. The van der Waals surface area contributed by atoms with E-state index in [1.54, 1.807) is 4.57 Å². The van der Waals surface area contributed by atoms with Gasteiger partial charge in [0.2, 0.25) is 5.95 Å². The van der Waals surface area contributed by atoms with Crippen molar-refractivity contribution >= 4 is 28.9 Å². The van der Waals surface area contributed by atoms with Crippen molar-refractivity contribution in [2.24, 2.45) is 11.7 Å². The van der Waals surface area contributed by atoms with Crippen molar-refractivity contribution in [3.05, 3.63) is 6.33 Å². The van der Waals surface area contributed by atoms with Gasteiger partial charge in [0.15, 0.2) is 24.0 Å². The summed E-state index contributed by atoms with van der Waals surface area (Å²) in [7, 11) is 0. The summed E-state index contributed by atoms with van der Waals surface area (Å²) < 4.78 is 18.0. The van der Waals surface area contributed by atoms with E-state index in [1.807, 2.05) is 13.8 Å². The molecule has 3 rings (SSSR count). The van der Waals surface area contributed by atoms with Crippen molar-refractivity contribution in [3.63, 3.8) is 0 Å². The lowest BCUT2D eigenvalue weighted by Crippen LogP contribution is -2.38. The molecule has 0 amide bonds. The Morgan fingerprint density at radius 3 is 2.92 bits per heavy atom. The van der Waals surface area contributed by atoms with E-state index >= 15 is 0 Å². The second kappa shape index (κ2) is 6.78. The van der Waals surface area contributed by atoms with Crippen LogP contribution in [0.15, 0.2) is 6.33 Å². The van der Waals surface area contributed by atoms with Crippen molar-refractivity contribution in [2.75, 3.05) is 24.7 Å². The molecule has 3 atom stereocenters. The highest BCUT2D eigenvalue weighted by Crippen LogP contribution is 2.26. The van der Waals surface area contributed by atoms with E-state index in [0.717, 1.165) is 0 Å². The summed E-state index contributed by atoms with van der Waals surface area (Å²) in [5.41, 5.74) is 18.0. The third-order valence-electron chi connectivity index (χ3n) is 3.86. The molecular formula is C14H21N7O4. The third-order valence-corrected chi connectivity index (χ3v) is 3.86. The second-order valence-corrected chi connectivity index (χ2v) is 6.04. The van der Waals surface area contributed by atoms with Crippen molar-refractivity contribution in [1.82, 2.24) is 19.5 Å². The molecule has 1 fully saturated rings. The minimum absolute atomic E-state index is 0.0152. The molecule has 1 saturated heterocycles. The first-order valence-electron chi connectivity index (χ1n) is 7.81. The van der Waals surface area contributed by atoms with Crippen LogP contribution < -0.4 is 17.2 Å². The lowest BCUT2D eigenvalue weighted by Gasteiger charge is -2.17. The van der Waals surface area contributed by atoms with Gasteiger partial charge < -0.3 is 31.4 Å². The van der Waals surface area contributed by atoms with Gasteiger partial charge in [0.25, 0.3) is 0 Å². The van der Waals surface area contributed by atoms with Gasteiger partial charge >= 0.3 is 5.97 Å². The lowest BCUT2D eigenvalue weighted by atomic mass is 10.1. The smallest absolute Gasteiger partial charge is 0.323 e. The van der Waals surface area contributed by atoms with Crippen molar-refractivity contribution < 1.29 is 19.0 Å². The topological polar surface area (TPSA) is 166 Å². The van der Waals surface area contributed by atoms with E-state index in [-0.39, 0.29) is 30.9 Å². The van der Waals surface area contributed by atoms with E-state index in [9.17, 15) is 4.79 Å². The summed E-state index contributed by atoms with van der Waals surface area (Å²) in [6.07, 6.45) is 0.315. The molecule has 0 aliphatic carbocycles. The van der Waals surface area contributed by atoms with E-state index in [2.05, 4.69) is 15.0 Å². The Bertz CT molecular complexity index is 778. The molecule has 0 saturated carbocycles. The Hall–Kier alpha value is -2.50. The molecule has 0 spiro atoms. The molecule has 2 aromatic rings. The number of carbonyl (C=O) groups excluding carboxylic acids is 1. The van der Waals surface area contributed by atoms with Gasteiger partial charge in [-0.3, -0.25) is 9.36 Å². The molecule has 1 aliphatic heterocycles. The maximum absolute atomic E-state index is 11.8. The monoisotopic (exact) mass is 351 g/mol. The number of anilines is 2. The molecule has 2 aromatic heterocycles. The molecule has 136 valence electrons. The first-order chi connectivity index (χ1) is 11.9. The summed E-state index contributed by atoms with van der Waals surface area (Å²) in [5, 5.41) is 0. The number of nitrogen functional groups attached to an aromatic ring is 2. The summed E-state index contributed by atoms with van der Waals surface area (Å²) in [4.78, 5) is 23.9. The van der Waals surface area contributed by atoms with Gasteiger partial charge in [-0.25, -0.2) is 4.98 Å². The number of rotatable bonds is 5. The van der Waals surface area contributed by atoms with Crippen LogP contribution in [0.1, 0.15) is 20.1 Å². The normalized spacial score (nSPS) is 21.8. The zero-order chi connectivity index (χ0) is 18.1. The van der Waals surface area contributed by atoms with Crippen molar-refractivity contribution in [2.45, 2.75) is 32.4 Å². The van der Waals surface area contributed by atoms with Gasteiger partial charge in [-0.2, -0.15) is 9.97 Å². The lowest BCUT2D eigenvalue weighted by molar-refractivity contribution is -0.161. The van der Waals surface area contributed by atoms with E-state index in [4.69, 9.17) is 31.4 Å². The molecule has 1 aliphatic rings. The van der Waals surface area contributed by atoms with Gasteiger partial charge in [0.1, 0.15) is 18.2 Å². The first-order valence-corrected chi connectivity index (χ1v) is 7.81. The van der Waals surface area contributed by atoms with Gasteiger partial charge in [-0.05, 0) is 5.92 Å². The van der Waals surface area contributed by atoms with Crippen LogP contribution in [-0.4, -0.2) is 51.0 Å². The maximum atomic E-state index is 11.8. The molecule has 0 unspecified atom stereocenters. The summed E-state index contributed by atoms with van der Waals surface area (Å²) in [6, 6.07) is -0.683. The van der Waals surface area contributed by atoms with Crippen LogP contribution in [0.3, 0.4) is 0 Å². The summed E-state index contributed by atoms with van der Waals surface area (Å²) in [5.74, 6) is -0.280. The number of aromatic nitrogens is 4. The quantitative estimate of drug-likeness (QED) is 0.591.